The van der Waals surface area contributed by atoms with Crippen LogP contribution in [0, 0.1) is 23.2 Å². The van der Waals surface area contributed by atoms with Crippen molar-refractivity contribution in [2.75, 3.05) is 37.2 Å². The Hall–Kier alpha value is -3.55. The molecule has 0 radical (unpaired) electrons. The first kappa shape index (κ1) is 24.2. The van der Waals surface area contributed by atoms with Gasteiger partial charge in [-0.15, -0.1) is 11.3 Å². The van der Waals surface area contributed by atoms with Crippen LogP contribution in [0.2, 0.25) is 0 Å². The van der Waals surface area contributed by atoms with Crippen LogP contribution in [0.15, 0.2) is 36.7 Å². The molecule has 9 nitrogen and oxygen atoms in total. The summed E-state index contributed by atoms with van der Waals surface area (Å²) >= 11 is 1.69. The monoisotopic (exact) mass is 502 g/mol. The minimum absolute atomic E-state index is 0.246. The Kier molecular flexibility index (Phi) is 7.39. The fourth-order valence-corrected chi connectivity index (χ4v) is 5.31. The molecule has 3 aromatic heterocycles. The Bertz CT molecular complexity index is 1240. The molecule has 0 bridgehead atoms. The average Bonchev–Trinajstić information content (AvgIpc) is 3.63. The number of hydrogen-bond acceptors (Lipinski definition) is 9. The van der Waals surface area contributed by atoms with E-state index in [0.29, 0.717) is 29.8 Å². The van der Waals surface area contributed by atoms with Gasteiger partial charge in [-0.3, -0.25) is 14.7 Å². The number of pyridine rings is 2. The lowest BCUT2D eigenvalue weighted by atomic mass is 9.96. The van der Waals surface area contributed by atoms with E-state index >= 15 is 0 Å². The molecule has 4 heterocycles. The number of nitrogens with zero attached hydrogens (tertiary/aromatic N) is 5. The number of rotatable bonds is 9. The van der Waals surface area contributed by atoms with Crippen LogP contribution in [0.1, 0.15) is 46.6 Å². The SMILES string of the molecule is N#Cc1c(N)cc(C(=O)NCC2CCN(Cc3cnc(-c4ccccn4)s3)CC2)nc1NCC1CC1. The van der Waals surface area contributed by atoms with Crippen molar-refractivity contribution in [3.63, 3.8) is 0 Å². The molecule has 0 aromatic carbocycles. The van der Waals surface area contributed by atoms with Crippen molar-refractivity contribution in [3.8, 4) is 16.8 Å². The first-order valence-electron chi connectivity index (χ1n) is 12.4. The quantitative estimate of drug-likeness (QED) is 0.405. The van der Waals surface area contributed by atoms with E-state index in [-0.39, 0.29) is 17.3 Å². The van der Waals surface area contributed by atoms with Crippen LogP contribution in [-0.2, 0) is 6.54 Å². The summed E-state index contributed by atoms with van der Waals surface area (Å²) in [6, 6.07) is 9.46. The van der Waals surface area contributed by atoms with E-state index in [1.165, 1.54) is 23.8 Å². The third-order valence-corrected chi connectivity index (χ3v) is 7.73. The summed E-state index contributed by atoms with van der Waals surface area (Å²) in [4.78, 5) is 29.8. The van der Waals surface area contributed by atoms with Crippen molar-refractivity contribution in [3.05, 3.63) is 52.8 Å². The molecule has 186 valence electrons. The van der Waals surface area contributed by atoms with E-state index < -0.39 is 0 Å². The zero-order valence-electron chi connectivity index (χ0n) is 20.1. The molecule has 0 spiro atoms. The molecule has 1 saturated carbocycles. The van der Waals surface area contributed by atoms with Crippen molar-refractivity contribution in [1.29, 1.82) is 5.26 Å². The highest BCUT2D eigenvalue weighted by molar-refractivity contribution is 7.14. The molecule has 4 N–H and O–H groups in total. The molecule has 10 heteroatoms. The van der Waals surface area contributed by atoms with Crippen LogP contribution < -0.4 is 16.4 Å². The summed E-state index contributed by atoms with van der Waals surface area (Å²) in [5.74, 6) is 1.17. The number of carbonyl (C=O) groups excluding carboxylic acids is 1. The molecule has 5 rings (SSSR count). The third-order valence-electron chi connectivity index (χ3n) is 6.72. The maximum absolute atomic E-state index is 12.8. The van der Waals surface area contributed by atoms with Crippen molar-refractivity contribution in [2.45, 2.75) is 32.2 Å². The summed E-state index contributed by atoms with van der Waals surface area (Å²) in [6.45, 7) is 4.19. The maximum Gasteiger partial charge on any atom is 0.270 e. The minimum atomic E-state index is -0.255. The molecule has 1 aliphatic carbocycles. The zero-order valence-corrected chi connectivity index (χ0v) is 20.9. The topological polar surface area (TPSA) is 133 Å². The van der Waals surface area contributed by atoms with Crippen LogP contribution >= 0.6 is 11.3 Å². The number of carbonyl (C=O) groups is 1. The van der Waals surface area contributed by atoms with Gasteiger partial charge in [-0.1, -0.05) is 6.07 Å². The van der Waals surface area contributed by atoms with Gasteiger partial charge in [-0.2, -0.15) is 5.26 Å². The number of nitrogens with one attached hydrogen (secondary N) is 2. The van der Waals surface area contributed by atoms with Gasteiger partial charge in [0, 0.05) is 36.9 Å². The number of nitrogen functional groups attached to an aromatic ring is 1. The van der Waals surface area contributed by atoms with Crippen molar-refractivity contribution >= 4 is 28.7 Å². The lowest BCUT2D eigenvalue weighted by molar-refractivity contribution is 0.0930. The number of nitriles is 1. The largest absolute Gasteiger partial charge is 0.397 e. The predicted molar refractivity (Wildman–Crippen MR) is 140 cm³/mol. The number of amides is 1. The zero-order chi connectivity index (χ0) is 24.9. The molecular formula is C26H30N8OS. The number of likely N-dealkylation sites (tertiary alicyclic amines) is 1. The van der Waals surface area contributed by atoms with Gasteiger partial charge in [-0.05, 0) is 68.8 Å². The summed E-state index contributed by atoms with van der Waals surface area (Å²) in [5.41, 5.74) is 7.78. The van der Waals surface area contributed by atoms with Crippen LogP contribution in [0.25, 0.3) is 10.7 Å². The molecular weight excluding hydrogens is 472 g/mol. The van der Waals surface area contributed by atoms with E-state index in [4.69, 9.17) is 5.73 Å². The Labute approximate surface area is 214 Å². The summed E-state index contributed by atoms with van der Waals surface area (Å²) in [6.07, 6.45) is 8.13. The Balaban J connectivity index is 1.10. The van der Waals surface area contributed by atoms with E-state index in [2.05, 4.69) is 36.6 Å². The summed E-state index contributed by atoms with van der Waals surface area (Å²) < 4.78 is 0. The van der Waals surface area contributed by atoms with Crippen LogP contribution in [-0.4, -0.2) is 51.9 Å². The Morgan fingerprint density at radius 2 is 1.97 bits per heavy atom. The molecule has 2 aliphatic rings. The van der Waals surface area contributed by atoms with Crippen molar-refractivity contribution in [2.24, 2.45) is 11.8 Å². The fourth-order valence-electron chi connectivity index (χ4n) is 4.37. The third kappa shape index (κ3) is 5.98. The molecule has 2 fully saturated rings. The first-order chi connectivity index (χ1) is 17.6. The van der Waals surface area contributed by atoms with E-state index in [1.807, 2.05) is 24.4 Å². The van der Waals surface area contributed by atoms with Gasteiger partial charge in [0.25, 0.3) is 5.91 Å². The molecule has 0 unspecified atom stereocenters. The van der Waals surface area contributed by atoms with Crippen LogP contribution in [0.5, 0.6) is 0 Å². The lowest BCUT2D eigenvalue weighted by Crippen LogP contribution is -2.38. The molecule has 0 atom stereocenters. The fraction of sp³-hybridized carbons (Fsp3) is 0.423. The second kappa shape index (κ2) is 11.0. The summed E-state index contributed by atoms with van der Waals surface area (Å²) in [7, 11) is 0. The second-order valence-electron chi connectivity index (χ2n) is 9.53. The van der Waals surface area contributed by atoms with Gasteiger partial charge in [0.05, 0.1) is 11.4 Å². The normalized spacial score (nSPS) is 16.4. The Morgan fingerprint density at radius 3 is 2.69 bits per heavy atom. The maximum atomic E-state index is 12.8. The van der Waals surface area contributed by atoms with Gasteiger partial charge in [-0.25, -0.2) is 9.97 Å². The van der Waals surface area contributed by atoms with E-state index in [0.717, 1.165) is 49.7 Å². The van der Waals surface area contributed by atoms with Crippen LogP contribution in [0.3, 0.4) is 0 Å². The molecule has 36 heavy (non-hydrogen) atoms. The first-order valence-corrected chi connectivity index (χ1v) is 13.2. The minimum Gasteiger partial charge on any atom is -0.397 e. The molecule has 1 amide bonds. The molecule has 3 aromatic rings. The molecule has 1 aliphatic heterocycles. The van der Waals surface area contributed by atoms with Crippen LogP contribution in [0.4, 0.5) is 11.5 Å². The van der Waals surface area contributed by atoms with Gasteiger partial charge in [0.2, 0.25) is 0 Å². The van der Waals surface area contributed by atoms with Gasteiger partial charge < -0.3 is 16.4 Å². The number of anilines is 2. The van der Waals surface area contributed by atoms with Gasteiger partial charge in [0.15, 0.2) is 0 Å². The number of piperidine rings is 1. The van der Waals surface area contributed by atoms with Crippen molar-refractivity contribution < 1.29 is 4.79 Å². The predicted octanol–water partition coefficient (Wildman–Crippen LogP) is 3.52. The summed E-state index contributed by atoms with van der Waals surface area (Å²) in [5, 5.41) is 16.6. The number of nitrogens with two attached hydrogens (primary N) is 1. The number of aromatic nitrogens is 3. The lowest BCUT2D eigenvalue weighted by Gasteiger charge is -2.31. The van der Waals surface area contributed by atoms with Gasteiger partial charge >= 0.3 is 0 Å². The standard InChI is InChI=1S/C26H30N8OS/c27-12-20-21(28)11-23(33-24(20)30-13-17-4-5-17)25(35)31-14-18-6-9-34(10-7-18)16-19-15-32-26(36-19)22-3-1-2-8-29-22/h1-3,8,11,15,17-18H,4-7,9-10,13-14,16H2,(H,31,35)(H3,28,30,33). The second-order valence-corrected chi connectivity index (χ2v) is 10.6. The number of hydrogen-bond donors (Lipinski definition) is 3. The van der Waals surface area contributed by atoms with Gasteiger partial charge in [0.1, 0.15) is 28.2 Å². The highest BCUT2D eigenvalue weighted by atomic mass is 32.1. The van der Waals surface area contributed by atoms with E-state index in [1.54, 1.807) is 17.5 Å². The molecule has 1 saturated heterocycles. The highest BCUT2D eigenvalue weighted by Crippen LogP contribution is 2.30. The average molecular weight is 503 g/mol. The number of thiazole rings is 1. The highest BCUT2D eigenvalue weighted by Gasteiger charge is 2.24. The van der Waals surface area contributed by atoms with Crippen molar-refractivity contribution in [1.82, 2.24) is 25.2 Å². The Morgan fingerprint density at radius 1 is 1.17 bits per heavy atom. The van der Waals surface area contributed by atoms with E-state index in [9.17, 15) is 10.1 Å². The smallest absolute Gasteiger partial charge is 0.270 e.